The van der Waals surface area contributed by atoms with Crippen LogP contribution < -0.4 is 10.5 Å². The van der Waals surface area contributed by atoms with Crippen molar-refractivity contribution in [1.82, 2.24) is 4.90 Å². The fourth-order valence-corrected chi connectivity index (χ4v) is 2.54. The number of amides is 1. The number of methoxy groups -OCH3 is 1. The first-order chi connectivity index (χ1) is 10.2. The summed E-state index contributed by atoms with van der Waals surface area (Å²) in [6.07, 6.45) is 1.91. The number of carbonyl (C=O) groups excluding carboxylic acids is 1. The van der Waals surface area contributed by atoms with E-state index in [0.717, 1.165) is 31.7 Å². The fourth-order valence-electron chi connectivity index (χ4n) is 2.54. The number of carbonyl (C=O) groups is 1. The highest BCUT2D eigenvalue weighted by Crippen LogP contribution is 2.19. The maximum Gasteiger partial charge on any atom is 0.241 e. The summed E-state index contributed by atoms with van der Waals surface area (Å²) in [4.78, 5) is 13.9. The smallest absolute Gasteiger partial charge is 0.241 e. The van der Waals surface area contributed by atoms with E-state index in [-0.39, 0.29) is 12.5 Å². The number of para-hydroxylation sites is 1. The second kappa shape index (κ2) is 8.00. The van der Waals surface area contributed by atoms with Gasteiger partial charge < -0.3 is 20.1 Å². The van der Waals surface area contributed by atoms with Crippen molar-refractivity contribution in [1.29, 1.82) is 0 Å². The zero-order chi connectivity index (χ0) is 15.1. The maximum atomic E-state index is 12.1. The van der Waals surface area contributed by atoms with Gasteiger partial charge in [-0.1, -0.05) is 18.2 Å². The van der Waals surface area contributed by atoms with Crippen molar-refractivity contribution in [3.05, 3.63) is 30.3 Å². The van der Waals surface area contributed by atoms with Crippen LogP contribution in [0.3, 0.4) is 0 Å². The highest BCUT2D eigenvalue weighted by molar-refractivity contribution is 5.81. The molecule has 1 aromatic rings. The highest BCUT2D eigenvalue weighted by Gasteiger charge is 2.26. The molecule has 2 rings (SSSR count). The molecule has 1 atom stereocenters. The lowest BCUT2D eigenvalue weighted by molar-refractivity contribution is -0.135. The zero-order valence-electron chi connectivity index (χ0n) is 12.5. The molecule has 1 aliphatic rings. The van der Waals surface area contributed by atoms with E-state index in [2.05, 4.69) is 0 Å². The topological polar surface area (TPSA) is 64.8 Å². The van der Waals surface area contributed by atoms with E-state index in [0.29, 0.717) is 12.5 Å². The van der Waals surface area contributed by atoms with Crippen LogP contribution in [0.1, 0.15) is 12.8 Å². The SMILES string of the molecule is COCC(N)C(=O)N1CCC(COc2ccccc2)CC1. The Balaban J connectivity index is 1.72. The van der Waals surface area contributed by atoms with Crippen molar-refractivity contribution in [2.75, 3.05) is 33.4 Å². The van der Waals surface area contributed by atoms with Gasteiger partial charge in [0.05, 0.1) is 13.2 Å². The third-order valence-electron chi connectivity index (χ3n) is 3.82. The minimum Gasteiger partial charge on any atom is -0.493 e. The lowest BCUT2D eigenvalue weighted by atomic mass is 9.97. The molecule has 1 aliphatic heterocycles. The lowest BCUT2D eigenvalue weighted by Gasteiger charge is -2.33. The summed E-state index contributed by atoms with van der Waals surface area (Å²) in [5, 5.41) is 0. The third-order valence-corrected chi connectivity index (χ3v) is 3.82. The Hall–Kier alpha value is -1.59. The Kier molecular flexibility index (Phi) is 6.02. The monoisotopic (exact) mass is 292 g/mol. The van der Waals surface area contributed by atoms with Crippen LogP contribution >= 0.6 is 0 Å². The van der Waals surface area contributed by atoms with Crippen molar-refractivity contribution in [3.8, 4) is 5.75 Å². The van der Waals surface area contributed by atoms with E-state index in [9.17, 15) is 4.79 Å². The first kappa shape index (κ1) is 15.8. The molecule has 116 valence electrons. The molecule has 1 unspecified atom stereocenters. The summed E-state index contributed by atoms with van der Waals surface area (Å²) in [6, 6.07) is 9.28. The van der Waals surface area contributed by atoms with Gasteiger partial charge in [-0.15, -0.1) is 0 Å². The maximum absolute atomic E-state index is 12.1. The minimum atomic E-state index is -0.549. The summed E-state index contributed by atoms with van der Waals surface area (Å²) < 4.78 is 10.7. The van der Waals surface area contributed by atoms with Crippen LogP contribution in [0.25, 0.3) is 0 Å². The number of benzene rings is 1. The molecule has 0 saturated carbocycles. The van der Waals surface area contributed by atoms with Gasteiger partial charge in [0.1, 0.15) is 11.8 Å². The van der Waals surface area contributed by atoms with E-state index in [4.69, 9.17) is 15.2 Å². The Morgan fingerprint density at radius 1 is 1.33 bits per heavy atom. The second-order valence-electron chi connectivity index (χ2n) is 5.45. The normalized spacial score (nSPS) is 17.5. The number of likely N-dealkylation sites (tertiary alicyclic amines) is 1. The van der Waals surface area contributed by atoms with Gasteiger partial charge in [0.2, 0.25) is 5.91 Å². The Bertz CT molecular complexity index is 430. The average molecular weight is 292 g/mol. The van der Waals surface area contributed by atoms with Crippen molar-refractivity contribution in [3.63, 3.8) is 0 Å². The standard InChI is InChI=1S/C16H24N2O3/c1-20-12-15(17)16(19)18-9-7-13(8-10-18)11-21-14-5-3-2-4-6-14/h2-6,13,15H,7-12,17H2,1H3. The second-order valence-corrected chi connectivity index (χ2v) is 5.45. The van der Waals surface area contributed by atoms with Gasteiger partial charge in [-0.05, 0) is 30.9 Å². The molecular formula is C16H24N2O3. The summed E-state index contributed by atoms with van der Waals surface area (Å²) in [7, 11) is 1.56. The van der Waals surface area contributed by atoms with Gasteiger partial charge in [-0.25, -0.2) is 0 Å². The largest absolute Gasteiger partial charge is 0.493 e. The molecule has 1 heterocycles. The molecule has 5 heteroatoms. The molecular weight excluding hydrogens is 268 g/mol. The number of rotatable bonds is 6. The van der Waals surface area contributed by atoms with Gasteiger partial charge in [0, 0.05) is 20.2 Å². The van der Waals surface area contributed by atoms with Crippen molar-refractivity contribution < 1.29 is 14.3 Å². The Morgan fingerprint density at radius 2 is 2.00 bits per heavy atom. The van der Waals surface area contributed by atoms with Gasteiger partial charge in [-0.3, -0.25) is 4.79 Å². The minimum absolute atomic E-state index is 0.0146. The van der Waals surface area contributed by atoms with Crippen molar-refractivity contribution in [2.45, 2.75) is 18.9 Å². The fraction of sp³-hybridized carbons (Fsp3) is 0.562. The lowest BCUT2D eigenvalue weighted by Crippen LogP contribution is -2.49. The van der Waals surface area contributed by atoms with Crippen LogP contribution in [0, 0.1) is 5.92 Å². The van der Waals surface area contributed by atoms with Crippen LogP contribution in [-0.2, 0) is 9.53 Å². The molecule has 0 radical (unpaired) electrons. The Morgan fingerprint density at radius 3 is 2.62 bits per heavy atom. The molecule has 0 bridgehead atoms. The van der Waals surface area contributed by atoms with E-state index < -0.39 is 6.04 Å². The number of ether oxygens (including phenoxy) is 2. The average Bonchev–Trinajstić information content (AvgIpc) is 2.54. The van der Waals surface area contributed by atoms with Crippen LogP contribution in [0.15, 0.2) is 30.3 Å². The molecule has 1 fully saturated rings. The van der Waals surface area contributed by atoms with E-state index in [1.54, 1.807) is 7.11 Å². The van der Waals surface area contributed by atoms with Gasteiger partial charge >= 0.3 is 0 Å². The number of hydrogen-bond acceptors (Lipinski definition) is 4. The molecule has 0 aromatic heterocycles. The van der Waals surface area contributed by atoms with Gasteiger partial charge in [-0.2, -0.15) is 0 Å². The molecule has 1 amide bonds. The number of hydrogen-bond donors (Lipinski definition) is 1. The van der Waals surface area contributed by atoms with E-state index in [1.165, 1.54) is 0 Å². The quantitative estimate of drug-likeness (QED) is 0.858. The van der Waals surface area contributed by atoms with E-state index in [1.807, 2.05) is 35.2 Å². The van der Waals surface area contributed by atoms with Crippen molar-refractivity contribution in [2.24, 2.45) is 11.7 Å². The zero-order valence-corrected chi connectivity index (χ0v) is 12.5. The third kappa shape index (κ3) is 4.72. The summed E-state index contributed by atoms with van der Waals surface area (Å²) in [5.74, 6) is 1.38. The molecule has 1 aromatic carbocycles. The number of nitrogens with zero attached hydrogens (tertiary/aromatic N) is 1. The van der Waals surface area contributed by atoms with Crippen LogP contribution in [-0.4, -0.2) is 50.3 Å². The van der Waals surface area contributed by atoms with Crippen molar-refractivity contribution >= 4 is 5.91 Å². The van der Waals surface area contributed by atoms with Crippen LogP contribution in [0.2, 0.25) is 0 Å². The number of piperidine rings is 1. The predicted octanol–water partition coefficient (Wildman–Crippen LogP) is 1.28. The van der Waals surface area contributed by atoms with Crippen LogP contribution in [0.4, 0.5) is 0 Å². The molecule has 1 saturated heterocycles. The highest BCUT2D eigenvalue weighted by atomic mass is 16.5. The molecule has 0 spiro atoms. The summed E-state index contributed by atoms with van der Waals surface area (Å²) in [5.41, 5.74) is 5.79. The summed E-state index contributed by atoms with van der Waals surface area (Å²) in [6.45, 7) is 2.48. The first-order valence-electron chi connectivity index (χ1n) is 7.42. The van der Waals surface area contributed by atoms with Crippen LogP contribution in [0.5, 0.6) is 5.75 Å². The summed E-state index contributed by atoms with van der Waals surface area (Å²) >= 11 is 0. The van der Waals surface area contributed by atoms with E-state index >= 15 is 0 Å². The number of nitrogens with two attached hydrogens (primary N) is 1. The molecule has 0 aliphatic carbocycles. The Labute approximate surface area is 126 Å². The predicted molar refractivity (Wildman–Crippen MR) is 81.1 cm³/mol. The molecule has 21 heavy (non-hydrogen) atoms. The van der Waals surface area contributed by atoms with Gasteiger partial charge in [0.25, 0.3) is 0 Å². The van der Waals surface area contributed by atoms with Gasteiger partial charge in [0.15, 0.2) is 0 Å². The molecule has 5 nitrogen and oxygen atoms in total. The first-order valence-corrected chi connectivity index (χ1v) is 7.42. The molecule has 2 N–H and O–H groups in total.